The van der Waals surface area contributed by atoms with E-state index in [2.05, 4.69) is 47.0 Å². The highest BCUT2D eigenvalue weighted by molar-refractivity contribution is 14.1. The Labute approximate surface area is 141 Å². The van der Waals surface area contributed by atoms with Crippen LogP contribution in [0.5, 0.6) is 0 Å². The van der Waals surface area contributed by atoms with Gasteiger partial charge in [0.25, 0.3) is 0 Å². The van der Waals surface area contributed by atoms with Crippen LogP contribution in [0.2, 0.25) is 5.02 Å². The van der Waals surface area contributed by atoms with Crippen molar-refractivity contribution in [2.45, 2.75) is 45.1 Å². The summed E-state index contributed by atoms with van der Waals surface area (Å²) in [6.07, 6.45) is 7.20. The molecule has 2 aliphatic carbocycles. The summed E-state index contributed by atoms with van der Waals surface area (Å²) in [5.41, 5.74) is 1.39. The van der Waals surface area contributed by atoms with Crippen molar-refractivity contribution in [3.8, 4) is 0 Å². The number of benzene rings is 1. The SMILES string of the molecule is CCNC(CC1CC2CCC1C2)c1cc(Cl)ccc1I. The molecule has 0 spiro atoms. The minimum Gasteiger partial charge on any atom is -0.310 e. The van der Waals surface area contributed by atoms with E-state index in [-0.39, 0.29) is 0 Å². The van der Waals surface area contributed by atoms with E-state index in [9.17, 15) is 0 Å². The van der Waals surface area contributed by atoms with Crippen molar-refractivity contribution in [2.24, 2.45) is 17.8 Å². The standard InChI is InChI=1S/C17H23ClIN/c1-2-20-17(15-10-14(18)5-6-16(15)19)9-13-8-11-3-4-12(13)7-11/h5-6,10-13,17,20H,2-4,7-9H2,1H3. The van der Waals surface area contributed by atoms with E-state index in [1.54, 1.807) is 0 Å². The average molecular weight is 404 g/mol. The maximum absolute atomic E-state index is 6.21. The molecule has 2 fully saturated rings. The molecule has 0 radical (unpaired) electrons. The number of hydrogen-bond donors (Lipinski definition) is 1. The summed E-state index contributed by atoms with van der Waals surface area (Å²) < 4.78 is 1.33. The predicted octanol–water partition coefficient (Wildman–Crippen LogP) is 5.42. The van der Waals surface area contributed by atoms with E-state index < -0.39 is 0 Å². The van der Waals surface area contributed by atoms with E-state index in [4.69, 9.17) is 11.6 Å². The maximum atomic E-state index is 6.21. The molecular weight excluding hydrogens is 381 g/mol. The van der Waals surface area contributed by atoms with E-state index in [0.29, 0.717) is 6.04 Å². The molecule has 0 heterocycles. The van der Waals surface area contributed by atoms with Crippen molar-refractivity contribution in [1.82, 2.24) is 5.32 Å². The van der Waals surface area contributed by atoms with Crippen LogP contribution in [0.4, 0.5) is 0 Å². The highest BCUT2D eigenvalue weighted by Gasteiger charge is 2.40. The summed E-state index contributed by atoms with van der Waals surface area (Å²) in [5, 5.41) is 4.55. The van der Waals surface area contributed by atoms with Crippen molar-refractivity contribution < 1.29 is 0 Å². The molecule has 2 bridgehead atoms. The summed E-state index contributed by atoms with van der Waals surface area (Å²) in [4.78, 5) is 0. The first-order chi connectivity index (χ1) is 9.67. The third kappa shape index (κ3) is 3.17. The second kappa shape index (κ2) is 6.53. The normalized spacial score (nSPS) is 29.9. The topological polar surface area (TPSA) is 12.0 Å². The van der Waals surface area contributed by atoms with Crippen LogP contribution in [0, 0.1) is 21.3 Å². The monoisotopic (exact) mass is 403 g/mol. The molecule has 110 valence electrons. The molecule has 4 unspecified atom stereocenters. The van der Waals surface area contributed by atoms with Crippen LogP contribution in [0.1, 0.15) is 50.6 Å². The highest BCUT2D eigenvalue weighted by Crippen LogP contribution is 2.51. The molecule has 3 heteroatoms. The van der Waals surface area contributed by atoms with Crippen LogP contribution < -0.4 is 5.32 Å². The van der Waals surface area contributed by atoms with Crippen LogP contribution in [0.25, 0.3) is 0 Å². The van der Waals surface area contributed by atoms with Gasteiger partial charge in [0, 0.05) is 14.6 Å². The van der Waals surface area contributed by atoms with Crippen LogP contribution in [-0.4, -0.2) is 6.54 Å². The lowest BCUT2D eigenvalue weighted by Gasteiger charge is -2.28. The molecule has 1 aromatic carbocycles. The lowest BCUT2D eigenvalue weighted by atomic mass is 9.83. The van der Waals surface area contributed by atoms with Gasteiger partial charge in [-0.1, -0.05) is 24.9 Å². The summed E-state index contributed by atoms with van der Waals surface area (Å²) in [7, 11) is 0. The first-order valence-electron chi connectivity index (χ1n) is 7.85. The van der Waals surface area contributed by atoms with Gasteiger partial charge in [0.05, 0.1) is 0 Å². The quantitative estimate of drug-likeness (QED) is 0.647. The summed E-state index contributed by atoms with van der Waals surface area (Å²) in [6.45, 7) is 3.22. The molecule has 1 nitrogen and oxygen atoms in total. The van der Waals surface area contributed by atoms with Gasteiger partial charge in [0.15, 0.2) is 0 Å². The molecule has 3 rings (SSSR count). The molecule has 0 saturated heterocycles. The first kappa shape index (κ1) is 15.1. The maximum Gasteiger partial charge on any atom is 0.0410 e. The number of fused-ring (bicyclic) bond motifs is 2. The fourth-order valence-electron chi connectivity index (χ4n) is 4.32. The Bertz CT molecular complexity index is 476. The molecule has 1 N–H and O–H groups in total. The predicted molar refractivity (Wildman–Crippen MR) is 94.1 cm³/mol. The Hall–Kier alpha value is 0.200. The van der Waals surface area contributed by atoms with Gasteiger partial charge in [0.2, 0.25) is 0 Å². The molecule has 4 atom stereocenters. The van der Waals surface area contributed by atoms with Crippen LogP contribution >= 0.6 is 34.2 Å². The van der Waals surface area contributed by atoms with Crippen LogP contribution in [0.3, 0.4) is 0 Å². The number of halogens is 2. The summed E-state index contributed by atoms with van der Waals surface area (Å²) in [6, 6.07) is 6.76. The zero-order valence-electron chi connectivity index (χ0n) is 12.0. The largest absolute Gasteiger partial charge is 0.310 e. The third-order valence-electron chi connectivity index (χ3n) is 5.21. The van der Waals surface area contributed by atoms with Crippen molar-refractivity contribution in [2.75, 3.05) is 6.54 Å². The van der Waals surface area contributed by atoms with Crippen LogP contribution in [-0.2, 0) is 0 Å². The Balaban J connectivity index is 1.76. The van der Waals surface area contributed by atoms with Crippen molar-refractivity contribution in [3.63, 3.8) is 0 Å². The summed E-state index contributed by atoms with van der Waals surface area (Å²) in [5.74, 6) is 2.95. The number of nitrogens with one attached hydrogen (secondary N) is 1. The Morgan fingerprint density at radius 1 is 1.35 bits per heavy atom. The first-order valence-corrected chi connectivity index (χ1v) is 9.31. The van der Waals surface area contributed by atoms with Crippen molar-refractivity contribution in [3.05, 3.63) is 32.4 Å². The Kier molecular flexibility index (Phi) is 4.94. The Morgan fingerprint density at radius 3 is 2.85 bits per heavy atom. The molecule has 0 aromatic heterocycles. The van der Waals surface area contributed by atoms with E-state index in [0.717, 1.165) is 29.3 Å². The molecule has 20 heavy (non-hydrogen) atoms. The number of hydrogen-bond acceptors (Lipinski definition) is 1. The highest BCUT2D eigenvalue weighted by atomic mass is 127. The van der Waals surface area contributed by atoms with E-state index in [1.165, 1.54) is 41.2 Å². The van der Waals surface area contributed by atoms with E-state index in [1.807, 2.05) is 6.07 Å². The second-order valence-corrected chi connectivity index (χ2v) is 8.05. The second-order valence-electron chi connectivity index (χ2n) is 6.45. The molecule has 1 aromatic rings. The molecular formula is C17H23ClIN. The van der Waals surface area contributed by atoms with Crippen molar-refractivity contribution >= 4 is 34.2 Å². The van der Waals surface area contributed by atoms with Gasteiger partial charge in [-0.25, -0.2) is 0 Å². The van der Waals surface area contributed by atoms with Crippen LogP contribution in [0.15, 0.2) is 18.2 Å². The smallest absolute Gasteiger partial charge is 0.0410 e. The van der Waals surface area contributed by atoms with Gasteiger partial charge < -0.3 is 5.32 Å². The zero-order valence-corrected chi connectivity index (χ0v) is 15.0. The lowest BCUT2D eigenvalue weighted by molar-refractivity contribution is 0.280. The van der Waals surface area contributed by atoms with Gasteiger partial charge in [-0.3, -0.25) is 0 Å². The molecule has 0 amide bonds. The van der Waals surface area contributed by atoms with E-state index >= 15 is 0 Å². The fraction of sp³-hybridized carbons (Fsp3) is 0.647. The third-order valence-corrected chi connectivity index (χ3v) is 6.42. The van der Waals surface area contributed by atoms with Gasteiger partial charge in [-0.05, 0) is 96.3 Å². The van der Waals surface area contributed by atoms with Gasteiger partial charge >= 0.3 is 0 Å². The molecule has 2 aliphatic rings. The number of rotatable bonds is 5. The van der Waals surface area contributed by atoms with Crippen molar-refractivity contribution in [1.29, 1.82) is 0 Å². The minimum atomic E-state index is 0.468. The Morgan fingerprint density at radius 2 is 2.20 bits per heavy atom. The zero-order chi connectivity index (χ0) is 14.1. The minimum absolute atomic E-state index is 0.468. The fourth-order valence-corrected chi connectivity index (χ4v) is 5.21. The summed E-state index contributed by atoms with van der Waals surface area (Å²) >= 11 is 8.65. The lowest BCUT2D eigenvalue weighted by Crippen LogP contribution is -2.26. The average Bonchev–Trinajstić information content (AvgIpc) is 3.03. The van der Waals surface area contributed by atoms with Gasteiger partial charge in [-0.2, -0.15) is 0 Å². The molecule has 2 saturated carbocycles. The molecule has 0 aliphatic heterocycles. The van der Waals surface area contributed by atoms with Gasteiger partial charge in [0.1, 0.15) is 0 Å². The van der Waals surface area contributed by atoms with Gasteiger partial charge in [-0.15, -0.1) is 0 Å².